The maximum absolute atomic E-state index is 4.77. The van der Waals surface area contributed by atoms with Crippen LogP contribution in [0, 0.1) is 0 Å². The molecule has 9 aromatic rings. The number of hydrogen-bond donors (Lipinski definition) is 0. The number of benzene rings is 6. The minimum Gasteiger partial charge on any atom is -0.261 e. The van der Waals surface area contributed by atoms with E-state index in [0.717, 1.165) is 50.1 Å². The van der Waals surface area contributed by atoms with Crippen molar-refractivity contribution >= 4 is 43.2 Å². The first-order chi connectivity index (χ1) is 21.8. The molecule has 9 rings (SSSR count). The molecular weight excluding hydrogens is 538 g/mol. The number of pyridine rings is 1. The molecule has 44 heavy (non-hydrogen) atoms. The number of fused-ring (bicyclic) bond motifs is 1. The molecule has 0 saturated carbocycles. The van der Waals surface area contributed by atoms with E-state index >= 15 is 0 Å². The van der Waals surface area contributed by atoms with Crippen molar-refractivity contribution in [3.63, 3.8) is 0 Å². The van der Waals surface area contributed by atoms with E-state index in [1.807, 2.05) is 12.3 Å². The highest BCUT2D eigenvalue weighted by atomic mass is 14.8. The fourth-order valence-corrected chi connectivity index (χ4v) is 6.50. The lowest BCUT2D eigenvalue weighted by molar-refractivity contribution is 1.20. The second-order valence-corrected chi connectivity index (χ2v) is 11.0. The smallest absolute Gasteiger partial charge is 0.0885 e. The Bertz CT molecular complexity index is 2430. The summed E-state index contributed by atoms with van der Waals surface area (Å²) in [6, 6.07) is 34.9. The SMILES string of the molecule is c1ccc2ncc(-c3ccc4ccc5c(-c6cc(-c7cnccn7)cc(-c7cnccn7)c6)ccc6ccc3c4c65)cc2c1. The molecule has 0 fully saturated rings. The van der Waals surface area contributed by atoms with Gasteiger partial charge in [0.15, 0.2) is 0 Å². The van der Waals surface area contributed by atoms with E-state index in [0.29, 0.717) is 0 Å². The first kappa shape index (κ1) is 24.5. The van der Waals surface area contributed by atoms with Crippen molar-refractivity contribution in [3.05, 3.63) is 140 Å². The Balaban J connectivity index is 1.30. The summed E-state index contributed by atoms with van der Waals surface area (Å²) in [6.07, 6.45) is 12.4. The van der Waals surface area contributed by atoms with E-state index < -0.39 is 0 Å². The van der Waals surface area contributed by atoms with E-state index in [4.69, 9.17) is 4.98 Å². The Labute approximate surface area is 252 Å². The molecule has 0 unspecified atom stereocenters. The summed E-state index contributed by atoms with van der Waals surface area (Å²) in [5.74, 6) is 0. The standard InChI is InChI=1S/C39H23N5/c1-2-4-35-26(3-1)17-30(21-44-35)32-10-6-25-7-11-33-31(9-5-24-8-12-34(32)39(25)38(24)33)27-18-28(36-22-40-13-15-42-36)20-29(19-27)37-23-41-14-16-43-37/h1-23H. The summed E-state index contributed by atoms with van der Waals surface area (Å²) in [6.45, 7) is 0. The molecular formula is C39H23N5. The molecule has 0 spiro atoms. The van der Waals surface area contributed by atoms with Gasteiger partial charge in [-0.2, -0.15) is 0 Å². The molecule has 0 N–H and O–H groups in total. The molecule has 3 aromatic heterocycles. The Hall–Kier alpha value is -6.07. The molecule has 0 aliphatic carbocycles. The van der Waals surface area contributed by atoms with Gasteiger partial charge in [-0.05, 0) is 79.3 Å². The molecule has 0 aliphatic heterocycles. The van der Waals surface area contributed by atoms with Gasteiger partial charge < -0.3 is 0 Å². The zero-order valence-electron chi connectivity index (χ0n) is 23.5. The van der Waals surface area contributed by atoms with Crippen LogP contribution in [0.2, 0.25) is 0 Å². The van der Waals surface area contributed by atoms with Crippen LogP contribution >= 0.6 is 0 Å². The lowest BCUT2D eigenvalue weighted by Crippen LogP contribution is -1.92. The molecule has 0 radical (unpaired) electrons. The average Bonchev–Trinajstić information content (AvgIpc) is 3.10. The molecule has 0 bridgehead atoms. The van der Waals surface area contributed by atoms with Crippen molar-refractivity contribution in [1.29, 1.82) is 0 Å². The second-order valence-electron chi connectivity index (χ2n) is 11.0. The van der Waals surface area contributed by atoms with Crippen LogP contribution in [0.1, 0.15) is 0 Å². The Morgan fingerprint density at radius 3 is 1.57 bits per heavy atom. The van der Waals surface area contributed by atoms with Crippen LogP contribution in [0.15, 0.2) is 140 Å². The van der Waals surface area contributed by atoms with Gasteiger partial charge in [-0.25, -0.2) is 0 Å². The van der Waals surface area contributed by atoms with Crippen LogP contribution in [0.25, 0.3) is 88.0 Å². The van der Waals surface area contributed by atoms with Gasteiger partial charge in [0.05, 0.1) is 29.3 Å². The topological polar surface area (TPSA) is 64.5 Å². The average molecular weight is 562 g/mol. The van der Waals surface area contributed by atoms with E-state index in [1.54, 1.807) is 37.2 Å². The van der Waals surface area contributed by atoms with Gasteiger partial charge in [0.25, 0.3) is 0 Å². The van der Waals surface area contributed by atoms with Gasteiger partial charge in [-0.3, -0.25) is 24.9 Å². The van der Waals surface area contributed by atoms with E-state index in [2.05, 4.69) is 111 Å². The predicted molar refractivity (Wildman–Crippen MR) is 178 cm³/mol. The molecule has 5 heteroatoms. The number of aromatic nitrogens is 5. The van der Waals surface area contributed by atoms with Gasteiger partial charge in [0.2, 0.25) is 0 Å². The van der Waals surface area contributed by atoms with Crippen molar-refractivity contribution in [1.82, 2.24) is 24.9 Å². The number of rotatable bonds is 4. The van der Waals surface area contributed by atoms with Gasteiger partial charge in [0.1, 0.15) is 0 Å². The molecule has 6 aromatic carbocycles. The summed E-state index contributed by atoms with van der Waals surface area (Å²) in [5, 5.41) is 8.54. The molecule has 0 aliphatic rings. The Morgan fingerprint density at radius 1 is 0.386 bits per heavy atom. The lowest BCUT2D eigenvalue weighted by atomic mass is 9.86. The van der Waals surface area contributed by atoms with Crippen molar-refractivity contribution in [2.24, 2.45) is 0 Å². The van der Waals surface area contributed by atoms with Gasteiger partial charge in [0, 0.05) is 53.1 Å². The minimum atomic E-state index is 0.811. The summed E-state index contributed by atoms with van der Waals surface area (Å²) in [5.41, 5.74) is 9.13. The summed E-state index contributed by atoms with van der Waals surface area (Å²) >= 11 is 0. The highest BCUT2D eigenvalue weighted by Gasteiger charge is 2.17. The molecule has 5 nitrogen and oxygen atoms in total. The number of para-hydroxylation sites is 1. The normalized spacial score (nSPS) is 11.6. The zero-order chi connectivity index (χ0) is 29.0. The van der Waals surface area contributed by atoms with Crippen molar-refractivity contribution in [3.8, 4) is 44.8 Å². The third kappa shape index (κ3) is 3.91. The Kier molecular flexibility index (Phi) is 5.43. The number of hydrogen-bond acceptors (Lipinski definition) is 5. The first-order valence-electron chi connectivity index (χ1n) is 14.5. The minimum absolute atomic E-state index is 0.811. The number of nitrogens with zero attached hydrogens (tertiary/aromatic N) is 5. The lowest BCUT2D eigenvalue weighted by Gasteiger charge is -2.17. The maximum Gasteiger partial charge on any atom is 0.0885 e. The summed E-state index contributed by atoms with van der Waals surface area (Å²) < 4.78 is 0. The van der Waals surface area contributed by atoms with Crippen LogP contribution in [0.3, 0.4) is 0 Å². The molecule has 0 atom stereocenters. The third-order valence-corrected chi connectivity index (χ3v) is 8.53. The summed E-state index contributed by atoms with van der Waals surface area (Å²) in [4.78, 5) is 22.6. The molecule has 0 amide bonds. The molecule has 204 valence electrons. The van der Waals surface area contributed by atoms with Crippen molar-refractivity contribution in [2.45, 2.75) is 0 Å². The maximum atomic E-state index is 4.77. The fraction of sp³-hybridized carbons (Fsp3) is 0. The van der Waals surface area contributed by atoms with E-state index in [-0.39, 0.29) is 0 Å². The first-order valence-corrected chi connectivity index (χ1v) is 14.5. The summed E-state index contributed by atoms with van der Waals surface area (Å²) in [7, 11) is 0. The molecule has 3 heterocycles. The fourth-order valence-electron chi connectivity index (χ4n) is 6.50. The monoisotopic (exact) mass is 561 g/mol. The zero-order valence-corrected chi connectivity index (χ0v) is 23.5. The molecule has 0 saturated heterocycles. The van der Waals surface area contributed by atoms with Crippen molar-refractivity contribution in [2.75, 3.05) is 0 Å². The quantitative estimate of drug-likeness (QED) is 0.200. The van der Waals surface area contributed by atoms with Crippen LogP contribution in [-0.4, -0.2) is 24.9 Å². The van der Waals surface area contributed by atoms with E-state index in [9.17, 15) is 0 Å². The predicted octanol–water partition coefficient (Wildman–Crippen LogP) is 9.38. The van der Waals surface area contributed by atoms with Gasteiger partial charge in [-0.15, -0.1) is 0 Å². The highest BCUT2D eigenvalue weighted by molar-refractivity contribution is 6.27. The van der Waals surface area contributed by atoms with Crippen LogP contribution < -0.4 is 0 Å². The van der Waals surface area contributed by atoms with Gasteiger partial charge >= 0.3 is 0 Å². The largest absolute Gasteiger partial charge is 0.261 e. The van der Waals surface area contributed by atoms with Crippen LogP contribution in [0.4, 0.5) is 0 Å². The van der Waals surface area contributed by atoms with Crippen LogP contribution in [0.5, 0.6) is 0 Å². The van der Waals surface area contributed by atoms with E-state index in [1.165, 1.54) is 37.9 Å². The van der Waals surface area contributed by atoms with Crippen molar-refractivity contribution < 1.29 is 0 Å². The Morgan fingerprint density at radius 2 is 0.955 bits per heavy atom. The second kappa shape index (κ2) is 9.75. The highest BCUT2D eigenvalue weighted by Crippen LogP contribution is 2.43. The third-order valence-electron chi connectivity index (χ3n) is 8.53. The van der Waals surface area contributed by atoms with Crippen LogP contribution in [-0.2, 0) is 0 Å². The van der Waals surface area contributed by atoms with Gasteiger partial charge in [-0.1, -0.05) is 66.7 Å².